The van der Waals surface area contributed by atoms with Crippen molar-refractivity contribution >= 4 is 21.7 Å². The minimum Gasteiger partial charge on any atom is -0.481 e. The van der Waals surface area contributed by atoms with Crippen LogP contribution in [0.5, 0.6) is 0 Å². The molecular formula is C11H17NO5S. The third-order valence-corrected chi connectivity index (χ3v) is 5.75. The van der Waals surface area contributed by atoms with Crippen LogP contribution in [0.25, 0.3) is 0 Å². The highest BCUT2D eigenvalue weighted by molar-refractivity contribution is 7.92. The lowest BCUT2D eigenvalue weighted by Crippen LogP contribution is -2.55. The van der Waals surface area contributed by atoms with E-state index >= 15 is 0 Å². The van der Waals surface area contributed by atoms with E-state index in [1.54, 1.807) is 0 Å². The minimum atomic E-state index is -3.29. The Morgan fingerprint density at radius 3 is 2.44 bits per heavy atom. The summed E-state index contributed by atoms with van der Waals surface area (Å²) < 4.78 is 23.6. The van der Waals surface area contributed by atoms with Gasteiger partial charge < -0.3 is 10.0 Å². The van der Waals surface area contributed by atoms with Crippen LogP contribution < -0.4 is 0 Å². The third kappa shape index (κ3) is 2.66. The normalized spacial score (nSPS) is 27.6. The van der Waals surface area contributed by atoms with E-state index in [9.17, 15) is 18.0 Å². The molecule has 6 nitrogen and oxygen atoms in total. The second-order valence-corrected chi connectivity index (χ2v) is 7.36. The van der Waals surface area contributed by atoms with Gasteiger partial charge in [-0.15, -0.1) is 0 Å². The van der Waals surface area contributed by atoms with E-state index in [-0.39, 0.29) is 24.0 Å². The molecule has 0 bridgehead atoms. The number of aliphatic carboxylic acids is 1. The zero-order valence-corrected chi connectivity index (χ0v) is 10.9. The molecule has 2 rings (SSSR count). The molecule has 0 saturated carbocycles. The molecule has 0 aromatic carbocycles. The Kier molecular flexibility index (Phi) is 3.61. The predicted octanol–water partition coefficient (Wildman–Crippen LogP) is -0.113. The highest BCUT2D eigenvalue weighted by Crippen LogP contribution is 2.26. The van der Waals surface area contributed by atoms with Crippen LogP contribution in [0.1, 0.15) is 25.7 Å². The van der Waals surface area contributed by atoms with E-state index in [0.717, 1.165) is 6.42 Å². The smallest absolute Gasteiger partial charge is 0.303 e. The fraction of sp³-hybridized carbons (Fsp3) is 0.818. The molecule has 1 amide bonds. The zero-order valence-electron chi connectivity index (χ0n) is 10.0. The SMILES string of the molecule is O=C(O)CC1CN(C(=O)C2CCCCS2(=O)=O)C1. The van der Waals surface area contributed by atoms with Gasteiger partial charge in [-0.05, 0) is 12.8 Å². The first-order chi connectivity index (χ1) is 8.40. The van der Waals surface area contributed by atoms with Crippen LogP contribution in [0.3, 0.4) is 0 Å². The molecule has 2 aliphatic rings. The van der Waals surface area contributed by atoms with Crippen molar-refractivity contribution in [3.63, 3.8) is 0 Å². The summed E-state index contributed by atoms with van der Waals surface area (Å²) in [4.78, 5) is 24.0. The molecule has 0 spiro atoms. The van der Waals surface area contributed by atoms with E-state index in [4.69, 9.17) is 5.11 Å². The van der Waals surface area contributed by atoms with Gasteiger partial charge in [-0.3, -0.25) is 9.59 Å². The Morgan fingerprint density at radius 2 is 1.89 bits per heavy atom. The van der Waals surface area contributed by atoms with Gasteiger partial charge >= 0.3 is 5.97 Å². The average Bonchev–Trinajstić information content (AvgIpc) is 2.21. The Labute approximate surface area is 106 Å². The second kappa shape index (κ2) is 4.87. The van der Waals surface area contributed by atoms with E-state index < -0.39 is 21.1 Å². The van der Waals surface area contributed by atoms with Crippen molar-refractivity contribution in [3.8, 4) is 0 Å². The number of hydrogen-bond donors (Lipinski definition) is 1. The maximum Gasteiger partial charge on any atom is 0.303 e. The highest BCUT2D eigenvalue weighted by Gasteiger charge is 2.41. The second-order valence-electron chi connectivity index (χ2n) is 5.06. The van der Waals surface area contributed by atoms with Crippen molar-refractivity contribution in [2.24, 2.45) is 5.92 Å². The number of carbonyl (C=O) groups is 2. The lowest BCUT2D eigenvalue weighted by molar-refractivity contribution is -0.145. The lowest BCUT2D eigenvalue weighted by Gasteiger charge is -2.40. The van der Waals surface area contributed by atoms with E-state index in [1.807, 2.05) is 0 Å². The molecular weight excluding hydrogens is 258 g/mol. The summed E-state index contributed by atoms with van der Waals surface area (Å²) in [7, 11) is -3.29. The summed E-state index contributed by atoms with van der Waals surface area (Å²) >= 11 is 0. The van der Waals surface area contributed by atoms with Crippen molar-refractivity contribution in [3.05, 3.63) is 0 Å². The molecule has 1 N–H and O–H groups in total. The summed E-state index contributed by atoms with van der Waals surface area (Å²) in [5.74, 6) is -1.15. The molecule has 2 fully saturated rings. The molecule has 0 aromatic heterocycles. The quantitative estimate of drug-likeness (QED) is 0.775. The third-order valence-electron chi connectivity index (χ3n) is 3.59. The fourth-order valence-corrected chi connectivity index (χ4v) is 4.43. The Bertz CT molecular complexity index is 452. The number of carbonyl (C=O) groups excluding carboxylic acids is 1. The van der Waals surface area contributed by atoms with E-state index in [0.29, 0.717) is 25.9 Å². The van der Waals surface area contributed by atoms with Gasteiger partial charge in [-0.25, -0.2) is 8.42 Å². The topological polar surface area (TPSA) is 91.8 Å². The van der Waals surface area contributed by atoms with Crippen molar-refractivity contribution in [2.75, 3.05) is 18.8 Å². The van der Waals surface area contributed by atoms with Gasteiger partial charge in [0.2, 0.25) is 5.91 Å². The summed E-state index contributed by atoms with van der Waals surface area (Å²) in [5, 5.41) is 7.71. The van der Waals surface area contributed by atoms with Crippen LogP contribution in [0, 0.1) is 5.92 Å². The molecule has 0 aromatic rings. The van der Waals surface area contributed by atoms with E-state index in [2.05, 4.69) is 0 Å². The van der Waals surface area contributed by atoms with Crippen LogP contribution >= 0.6 is 0 Å². The average molecular weight is 275 g/mol. The van der Waals surface area contributed by atoms with Gasteiger partial charge in [0.25, 0.3) is 0 Å². The van der Waals surface area contributed by atoms with Crippen LogP contribution in [0.2, 0.25) is 0 Å². The van der Waals surface area contributed by atoms with Gasteiger partial charge in [0.1, 0.15) is 5.25 Å². The van der Waals surface area contributed by atoms with Gasteiger partial charge in [-0.1, -0.05) is 6.42 Å². The monoisotopic (exact) mass is 275 g/mol. The van der Waals surface area contributed by atoms with Crippen molar-refractivity contribution < 1.29 is 23.1 Å². The van der Waals surface area contributed by atoms with Gasteiger partial charge in [0, 0.05) is 19.0 Å². The molecule has 1 unspecified atom stereocenters. The molecule has 0 aliphatic carbocycles. The Hall–Kier alpha value is -1.11. The number of likely N-dealkylation sites (tertiary alicyclic amines) is 1. The first-order valence-electron chi connectivity index (χ1n) is 6.12. The molecule has 2 aliphatic heterocycles. The van der Waals surface area contributed by atoms with Crippen LogP contribution in [0.4, 0.5) is 0 Å². The van der Waals surface area contributed by atoms with E-state index in [1.165, 1.54) is 4.90 Å². The minimum absolute atomic E-state index is 0.0299. The number of hydrogen-bond acceptors (Lipinski definition) is 4. The summed E-state index contributed by atoms with van der Waals surface area (Å²) in [5.41, 5.74) is 0. The van der Waals surface area contributed by atoms with Crippen LogP contribution in [-0.2, 0) is 19.4 Å². The fourth-order valence-electron chi connectivity index (χ4n) is 2.56. The highest BCUT2D eigenvalue weighted by atomic mass is 32.2. The van der Waals surface area contributed by atoms with Crippen molar-refractivity contribution in [2.45, 2.75) is 30.9 Å². The van der Waals surface area contributed by atoms with Gasteiger partial charge in [0.05, 0.1) is 12.2 Å². The van der Waals surface area contributed by atoms with Crippen LogP contribution in [0.15, 0.2) is 0 Å². The number of carboxylic acids is 1. The summed E-state index contributed by atoms with van der Waals surface area (Å²) in [6.45, 7) is 0.744. The summed E-state index contributed by atoms with van der Waals surface area (Å²) in [6, 6.07) is 0. The largest absolute Gasteiger partial charge is 0.481 e. The van der Waals surface area contributed by atoms with Crippen molar-refractivity contribution in [1.29, 1.82) is 0 Å². The molecule has 2 heterocycles. The van der Waals surface area contributed by atoms with Crippen molar-refractivity contribution in [1.82, 2.24) is 4.90 Å². The predicted molar refractivity (Wildman–Crippen MR) is 63.7 cm³/mol. The molecule has 102 valence electrons. The lowest BCUT2D eigenvalue weighted by atomic mass is 9.95. The van der Waals surface area contributed by atoms with Crippen LogP contribution in [-0.4, -0.2) is 54.4 Å². The molecule has 0 radical (unpaired) electrons. The Morgan fingerprint density at radius 1 is 1.22 bits per heavy atom. The maximum absolute atomic E-state index is 12.0. The molecule has 7 heteroatoms. The van der Waals surface area contributed by atoms with Gasteiger partial charge in [0.15, 0.2) is 9.84 Å². The standard InChI is InChI=1S/C11H17NO5S/c13-10(14)5-8-6-12(7-8)11(15)9-3-1-2-4-18(9,16)17/h8-9H,1-7H2,(H,13,14). The first kappa shape index (κ1) is 13.3. The number of carboxylic acid groups (broad SMARTS) is 1. The number of sulfone groups is 1. The molecule has 18 heavy (non-hydrogen) atoms. The molecule has 2 saturated heterocycles. The first-order valence-corrected chi connectivity index (χ1v) is 7.84. The maximum atomic E-state index is 12.0. The molecule has 1 atom stereocenters. The number of nitrogens with zero attached hydrogens (tertiary/aromatic N) is 1. The Balaban J connectivity index is 1.91. The van der Waals surface area contributed by atoms with Gasteiger partial charge in [-0.2, -0.15) is 0 Å². The zero-order chi connectivity index (χ0) is 13.3. The number of rotatable bonds is 3. The summed E-state index contributed by atoms with van der Waals surface area (Å²) in [6.07, 6.45) is 1.85. The number of amides is 1.